The summed E-state index contributed by atoms with van der Waals surface area (Å²) in [7, 11) is 1.75. The zero-order chi connectivity index (χ0) is 19.9. The van der Waals surface area contributed by atoms with Crippen LogP contribution in [0.3, 0.4) is 0 Å². The van der Waals surface area contributed by atoms with Crippen molar-refractivity contribution in [3.63, 3.8) is 0 Å². The fourth-order valence-corrected chi connectivity index (χ4v) is 4.60. The van der Waals surface area contributed by atoms with Crippen molar-refractivity contribution in [1.29, 1.82) is 0 Å². The van der Waals surface area contributed by atoms with Crippen molar-refractivity contribution in [2.24, 2.45) is 0 Å². The molecule has 0 bridgehead atoms. The molecule has 7 heteroatoms. The molecule has 144 valence electrons. The summed E-state index contributed by atoms with van der Waals surface area (Å²) in [6, 6.07) is 2.16. The number of rotatable bonds is 5. The zero-order valence-electron chi connectivity index (χ0n) is 17.1. The predicted octanol–water partition coefficient (Wildman–Crippen LogP) is 4.66. The molecule has 6 nitrogen and oxygen atoms in total. The third kappa shape index (κ3) is 3.36. The third-order valence-corrected chi connectivity index (χ3v) is 6.33. The summed E-state index contributed by atoms with van der Waals surface area (Å²) in [5.74, 6) is 0.431. The summed E-state index contributed by atoms with van der Waals surface area (Å²) in [5.41, 5.74) is 5.95. The van der Waals surface area contributed by atoms with Gasteiger partial charge in [-0.1, -0.05) is 25.2 Å². The molecule has 0 aliphatic carbocycles. The fourth-order valence-electron chi connectivity index (χ4n) is 3.45. The van der Waals surface area contributed by atoms with Crippen LogP contribution in [0.5, 0.6) is 0 Å². The van der Waals surface area contributed by atoms with E-state index in [1.165, 1.54) is 16.9 Å². The molecule has 0 saturated carbocycles. The number of carbonyl (C=O) groups excluding carboxylic acids is 1. The predicted molar refractivity (Wildman–Crippen MR) is 111 cm³/mol. The van der Waals surface area contributed by atoms with Crippen molar-refractivity contribution in [2.45, 2.75) is 60.3 Å². The molecule has 0 radical (unpaired) electrons. The van der Waals surface area contributed by atoms with Gasteiger partial charge >= 0.3 is 0 Å². The number of aryl methyl sites for hydroxylation is 3. The summed E-state index contributed by atoms with van der Waals surface area (Å²) < 4.78 is 1.97. The largest absolute Gasteiger partial charge is 0.291 e. The molecular weight excluding hydrogens is 358 g/mol. The van der Waals surface area contributed by atoms with Gasteiger partial charge in [0.1, 0.15) is 5.69 Å². The quantitative estimate of drug-likeness (QED) is 0.640. The molecule has 3 aromatic rings. The number of aromatic nitrogens is 4. The van der Waals surface area contributed by atoms with Gasteiger partial charge in [0.2, 0.25) is 5.91 Å². The van der Waals surface area contributed by atoms with Gasteiger partial charge < -0.3 is 0 Å². The van der Waals surface area contributed by atoms with Crippen LogP contribution < -0.4 is 4.90 Å². The van der Waals surface area contributed by atoms with E-state index in [2.05, 4.69) is 24.9 Å². The van der Waals surface area contributed by atoms with Crippen LogP contribution in [-0.2, 0) is 4.79 Å². The maximum Gasteiger partial charge on any atom is 0.225 e. The van der Waals surface area contributed by atoms with Crippen LogP contribution in [-0.4, -0.2) is 32.5 Å². The zero-order valence-corrected chi connectivity index (χ0v) is 17.9. The smallest absolute Gasteiger partial charge is 0.225 e. The minimum absolute atomic E-state index is 0.0323. The van der Waals surface area contributed by atoms with Gasteiger partial charge in [-0.25, -0.2) is 14.5 Å². The van der Waals surface area contributed by atoms with Crippen LogP contribution in [0.4, 0.5) is 5.13 Å². The lowest BCUT2D eigenvalue weighted by atomic mass is 9.95. The Morgan fingerprint density at radius 2 is 1.85 bits per heavy atom. The number of nitrogens with zero attached hydrogens (tertiary/aromatic N) is 5. The number of hydrogen-bond acceptors (Lipinski definition) is 5. The molecule has 0 saturated heterocycles. The molecule has 3 heterocycles. The van der Waals surface area contributed by atoms with E-state index in [0.717, 1.165) is 46.1 Å². The van der Waals surface area contributed by atoms with E-state index in [4.69, 9.17) is 10.1 Å². The SMILES string of the molecule is CCC(CC)c1cc(C)nn2c(-c3sc(N(C)C(C)=O)nc3C)c(C)nc12. The topological polar surface area (TPSA) is 63.4 Å². The number of hydrogen-bond donors (Lipinski definition) is 0. The van der Waals surface area contributed by atoms with Gasteiger partial charge in [-0.2, -0.15) is 5.10 Å². The van der Waals surface area contributed by atoms with Crippen molar-refractivity contribution in [2.75, 3.05) is 11.9 Å². The van der Waals surface area contributed by atoms with Crippen molar-refractivity contribution < 1.29 is 4.79 Å². The molecule has 0 aliphatic heterocycles. The Hall–Kier alpha value is -2.28. The van der Waals surface area contributed by atoms with Crippen LogP contribution >= 0.6 is 11.3 Å². The Labute approximate surface area is 164 Å². The van der Waals surface area contributed by atoms with Gasteiger partial charge in [-0.15, -0.1) is 0 Å². The lowest BCUT2D eigenvalue weighted by Crippen LogP contribution is -2.22. The molecule has 3 rings (SSSR count). The Morgan fingerprint density at radius 1 is 1.19 bits per heavy atom. The van der Waals surface area contributed by atoms with Gasteiger partial charge in [0.25, 0.3) is 0 Å². The second kappa shape index (κ2) is 7.38. The summed E-state index contributed by atoms with van der Waals surface area (Å²) in [4.78, 5) is 23.8. The highest BCUT2D eigenvalue weighted by Crippen LogP contribution is 2.37. The minimum Gasteiger partial charge on any atom is -0.291 e. The molecule has 0 N–H and O–H groups in total. The highest BCUT2D eigenvalue weighted by atomic mass is 32.1. The van der Waals surface area contributed by atoms with Gasteiger partial charge in [0, 0.05) is 19.5 Å². The molecule has 0 aliphatic rings. The Morgan fingerprint density at radius 3 is 2.44 bits per heavy atom. The van der Waals surface area contributed by atoms with Crippen LogP contribution in [0.15, 0.2) is 6.07 Å². The second-order valence-electron chi connectivity index (χ2n) is 7.02. The van der Waals surface area contributed by atoms with Gasteiger partial charge in [-0.05, 0) is 45.6 Å². The second-order valence-corrected chi connectivity index (χ2v) is 8.00. The molecular formula is C20H27N5OS. The van der Waals surface area contributed by atoms with E-state index in [1.54, 1.807) is 18.9 Å². The maximum absolute atomic E-state index is 11.7. The Bertz CT molecular complexity index is 1000. The number of fused-ring (bicyclic) bond motifs is 1. The first-order valence-electron chi connectivity index (χ1n) is 9.37. The van der Waals surface area contributed by atoms with Crippen LogP contribution in [0.2, 0.25) is 0 Å². The molecule has 3 aromatic heterocycles. The first-order chi connectivity index (χ1) is 12.8. The van der Waals surface area contributed by atoms with Crippen LogP contribution in [0, 0.1) is 20.8 Å². The van der Waals surface area contributed by atoms with Crippen molar-refractivity contribution in [1.82, 2.24) is 19.6 Å². The Balaban J connectivity index is 2.25. The maximum atomic E-state index is 11.7. The molecule has 0 atom stereocenters. The van der Waals surface area contributed by atoms with E-state index >= 15 is 0 Å². The fraction of sp³-hybridized carbons (Fsp3) is 0.500. The lowest BCUT2D eigenvalue weighted by Gasteiger charge is -2.14. The van der Waals surface area contributed by atoms with Crippen molar-refractivity contribution >= 4 is 28.0 Å². The summed E-state index contributed by atoms with van der Waals surface area (Å²) in [6.07, 6.45) is 2.15. The number of imidazole rings is 1. The highest BCUT2D eigenvalue weighted by Gasteiger charge is 2.23. The first-order valence-corrected chi connectivity index (χ1v) is 10.2. The minimum atomic E-state index is -0.0323. The summed E-state index contributed by atoms with van der Waals surface area (Å²) in [6.45, 7) is 12.0. The van der Waals surface area contributed by atoms with Gasteiger partial charge in [-0.3, -0.25) is 9.69 Å². The van der Waals surface area contributed by atoms with Crippen LogP contribution in [0.25, 0.3) is 16.2 Å². The molecule has 0 fully saturated rings. The third-order valence-electron chi connectivity index (χ3n) is 5.09. The van der Waals surface area contributed by atoms with Gasteiger partial charge in [0.15, 0.2) is 10.8 Å². The average Bonchev–Trinajstić information content (AvgIpc) is 3.14. The van der Waals surface area contributed by atoms with Crippen molar-refractivity contribution in [3.05, 3.63) is 28.7 Å². The first kappa shape index (κ1) is 19.5. The molecule has 0 spiro atoms. The standard InChI is InChI=1S/C20H27N5OS/c1-8-15(9-2)16-10-11(3)23-25-17(12(4)21-19(16)25)18-13(5)22-20(27-18)24(7)14(6)26/h10,15H,8-9H2,1-7H3. The van der Waals surface area contributed by atoms with Crippen molar-refractivity contribution in [3.8, 4) is 10.6 Å². The normalized spacial score (nSPS) is 11.6. The van der Waals surface area contributed by atoms with E-state index in [1.807, 2.05) is 25.3 Å². The highest BCUT2D eigenvalue weighted by molar-refractivity contribution is 7.19. The van der Waals surface area contributed by atoms with E-state index in [-0.39, 0.29) is 5.91 Å². The number of carbonyl (C=O) groups is 1. The van der Waals surface area contributed by atoms with E-state index in [0.29, 0.717) is 11.0 Å². The van der Waals surface area contributed by atoms with Crippen LogP contribution in [0.1, 0.15) is 62.2 Å². The summed E-state index contributed by atoms with van der Waals surface area (Å²) >= 11 is 1.51. The molecule has 0 unspecified atom stereocenters. The molecule has 0 aromatic carbocycles. The average molecular weight is 386 g/mol. The van der Waals surface area contributed by atoms with E-state index < -0.39 is 0 Å². The summed E-state index contributed by atoms with van der Waals surface area (Å²) in [5, 5.41) is 5.46. The monoisotopic (exact) mass is 385 g/mol. The van der Waals surface area contributed by atoms with E-state index in [9.17, 15) is 4.79 Å². The number of thiazole rings is 1. The Kier molecular flexibility index (Phi) is 5.33. The molecule has 27 heavy (non-hydrogen) atoms. The molecule has 1 amide bonds. The number of anilines is 1. The lowest BCUT2D eigenvalue weighted by molar-refractivity contribution is -0.116. The number of amides is 1. The van der Waals surface area contributed by atoms with Gasteiger partial charge in [0.05, 0.1) is 22.0 Å².